The molecule has 2 aromatic carbocycles. The monoisotopic (exact) mass is 418 g/mol. The quantitative estimate of drug-likeness (QED) is 0.705. The molecule has 6 heteroatoms. The van der Waals surface area contributed by atoms with Crippen LogP contribution < -0.4 is 5.32 Å². The standard InChI is InChI=1S/C23H28ClFN2O2/c1-5-20(22(29)26-23(2,3)4)27(15-16-10-12-18(24)13-11-16)21(28)14-17-8-6-7-9-19(17)25/h6-13,20H,5,14-15H2,1-4H3,(H,26,29). The largest absolute Gasteiger partial charge is 0.350 e. The van der Waals surface area contributed by atoms with E-state index in [4.69, 9.17) is 11.6 Å². The molecule has 1 atom stereocenters. The maximum atomic E-state index is 14.1. The lowest BCUT2D eigenvalue weighted by Gasteiger charge is -2.33. The van der Waals surface area contributed by atoms with Gasteiger partial charge in [-0.15, -0.1) is 0 Å². The van der Waals surface area contributed by atoms with Crippen LogP contribution in [0.25, 0.3) is 0 Å². The van der Waals surface area contributed by atoms with E-state index in [0.717, 1.165) is 5.56 Å². The fourth-order valence-corrected chi connectivity index (χ4v) is 3.19. The first-order valence-corrected chi connectivity index (χ1v) is 10.1. The molecule has 0 aliphatic carbocycles. The van der Waals surface area contributed by atoms with Crippen LogP contribution in [0.1, 0.15) is 45.2 Å². The summed E-state index contributed by atoms with van der Waals surface area (Å²) in [4.78, 5) is 27.6. The van der Waals surface area contributed by atoms with Crippen molar-refractivity contribution < 1.29 is 14.0 Å². The fraction of sp³-hybridized carbons (Fsp3) is 0.391. The van der Waals surface area contributed by atoms with Crippen molar-refractivity contribution in [2.24, 2.45) is 0 Å². The summed E-state index contributed by atoms with van der Waals surface area (Å²) >= 11 is 5.96. The van der Waals surface area contributed by atoms with Crippen LogP contribution in [0, 0.1) is 5.82 Å². The number of nitrogens with one attached hydrogen (secondary N) is 1. The molecule has 0 saturated heterocycles. The van der Waals surface area contributed by atoms with Crippen LogP contribution in [0.5, 0.6) is 0 Å². The Balaban J connectivity index is 2.32. The number of carbonyl (C=O) groups is 2. The first-order chi connectivity index (χ1) is 13.6. The Bertz CT molecular complexity index is 847. The highest BCUT2D eigenvalue weighted by Gasteiger charge is 2.30. The molecule has 0 saturated carbocycles. The lowest BCUT2D eigenvalue weighted by atomic mass is 10.0. The minimum absolute atomic E-state index is 0.112. The molecule has 4 nitrogen and oxygen atoms in total. The molecule has 156 valence electrons. The summed E-state index contributed by atoms with van der Waals surface area (Å²) in [6.45, 7) is 7.77. The summed E-state index contributed by atoms with van der Waals surface area (Å²) in [5.74, 6) is -0.962. The van der Waals surface area contributed by atoms with E-state index in [1.807, 2.05) is 39.8 Å². The fourth-order valence-electron chi connectivity index (χ4n) is 3.07. The van der Waals surface area contributed by atoms with E-state index in [9.17, 15) is 14.0 Å². The molecule has 29 heavy (non-hydrogen) atoms. The van der Waals surface area contributed by atoms with Gasteiger partial charge < -0.3 is 10.2 Å². The second-order valence-electron chi connectivity index (χ2n) is 8.08. The summed E-state index contributed by atoms with van der Waals surface area (Å²) in [5, 5.41) is 3.54. The van der Waals surface area contributed by atoms with Crippen LogP contribution in [0.3, 0.4) is 0 Å². The van der Waals surface area contributed by atoms with Gasteiger partial charge in [-0.3, -0.25) is 9.59 Å². The lowest BCUT2D eigenvalue weighted by molar-refractivity contribution is -0.141. The minimum atomic E-state index is -0.663. The van der Waals surface area contributed by atoms with E-state index in [0.29, 0.717) is 17.0 Å². The Kier molecular flexibility index (Phi) is 7.80. The van der Waals surface area contributed by atoms with Crippen LogP contribution in [0.4, 0.5) is 4.39 Å². The van der Waals surface area contributed by atoms with Crippen LogP contribution in [-0.2, 0) is 22.6 Å². The summed E-state index contributed by atoms with van der Waals surface area (Å²) in [6.07, 6.45) is 0.331. The van der Waals surface area contributed by atoms with E-state index in [-0.39, 0.29) is 24.8 Å². The Hall–Kier alpha value is -2.40. The van der Waals surface area contributed by atoms with Gasteiger partial charge in [0.1, 0.15) is 11.9 Å². The van der Waals surface area contributed by atoms with Crippen LogP contribution >= 0.6 is 11.6 Å². The number of halogens is 2. The molecule has 0 aliphatic rings. The summed E-state index contributed by atoms with van der Waals surface area (Å²) < 4.78 is 14.1. The van der Waals surface area contributed by atoms with E-state index < -0.39 is 17.4 Å². The summed E-state index contributed by atoms with van der Waals surface area (Å²) in [5.41, 5.74) is 0.730. The first-order valence-electron chi connectivity index (χ1n) is 9.70. The maximum absolute atomic E-state index is 14.1. The highest BCUT2D eigenvalue weighted by atomic mass is 35.5. The highest BCUT2D eigenvalue weighted by molar-refractivity contribution is 6.30. The summed E-state index contributed by atoms with van der Waals surface area (Å²) in [6, 6.07) is 12.7. The topological polar surface area (TPSA) is 49.4 Å². The molecule has 0 aromatic heterocycles. The zero-order chi connectivity index (χ0) is 21.6. The number of nitrogens with zero attached hydrogens (tertiary/aromatic N) is 1. The van der Waals surface area contributed by atoms with Crippen molar-refractivity contribution in [1.29, 1.82) is 0 Å². The van der Waals surface area contributed by atoms with Gasteiger partial charge in [0.2, 0.25) is 11.8 Å². The normalized spacial score (nSPS) is 12.3. The Labute approximate surface area is 177 Å². The van der Waals surface area contributed by atoms with Crippen molar-refractivity contribution in [3.63, 3.8) is 0 Å². The smallest absolute Gasteiger partial charge is 0.243 e. The molecule has 0 aliphatic heterocycles. The molecular weight excluding hydrogens is 391 g/mol. The van der Waals surface area contributed by atoms with Crippen molar-refractivity contribution in [3.8, 4) is 0 Å². The van der Waals surface area contributed by atoms with Gasteiger partial charge in [0, 0.05) is 17.1 Å². The van der Waals surface area contributed by atoms with Crippen molar-refractivity contribution in [2.45, 2.75) is 58.7 Å². The molecule has 1 unspecified atom stereocenters. The SMILES string of the molecule is CCC(C(=O)NC(C)(C)C)N(Cc1ccc(Cl)cc1)C(=O)Cc1ccccc1F. The highest BCUT2D eigenvalue weighted by Crippen LogP contribution is 2.18. The number of benzene rings is 2. The van der Waals surface area contributed by atoms with Gasteiger partial charge in [0.15, 0.2) is 0 Å². The molecule has 0 spiro atoms. The van der Waals surface area contributed by atoms with Crippen molar-refractivity contribution >= 4 is 23.4 Å². The Morgan fingerprint density at radius 1 is 1.10 bits per heavy atom. The van der Waals surface area contributed by atoms with Crippen molar-refractivity contribution in [3.05, 3.63) is 70.5 Å². The van der Waals surface area contributed by atoms with Gasteiger partial charge in [0.25, 0.3) is 0 Å². The second kappa shape index (κ2) is 9.88. The second-order valence-corrected chi connectivity index (χ2v) is 8.52. The average Bonchev–Trinajstić information content (AvgIpc) is 2.63. The lowest BCUT2D eigenvalue weighted by Crippen LogP contribution is -2.53. The third kappa shape index (κ3) is 6.86. The number of rotatable bonds is 7. The number of amides is 2. The predicted octanol–water partition coefficient (Wildman–Crippen LogP) is 4.74. The van der Waals surface area contributed by atoms with E-state index >= 15 is 0 Å². The van der Waals surface area contributed by atoms with Crippen molar-refractivity contribution in [2.75, 3.05) is 0 Å². The maximum Gasteiger partial charge on any atom is 0.243 e. The molecule has 1 N–H and O–H groups in total. The van der Waals surface area contributed by atoms with Gasteiger partial charge in [-0.2, -0.15) is 0 Å². The predicted molar refractivity (Wildman–Crippen MR) is 114 cm³/mol. The number of hydrogen-bond donors (Lipinski definition) is 1. The van der Waals surface area contributed by atoms with Gasteiger partial charge in [-0.25, -0.2) is 4.39 Å². The molecule has 0 heterocycles. The Morgan fingerprint density at radius 2 is 1.72 bits per heavy atom. The summed E-state index contributed by atoms with van der Waals surface area (Å²) in [7, 11) is 0. The third-order valence-corrected chi connectivity index (χ3v) is 4.70. The molecule has 2 rings (SSSR count). The van der Waals surface area contributed by atoms with Crippen LogP contribution in [0.15, 0.2) is 48.5 Å². The van der Waals surface area contributed by atoms with Gasteiger partial charge in [-0.1, -0.05) is 48.9 Å². The molecule has 2 aromatic rings. The zero-order valence-electron chi connectivity index (χ0n) is 17.3. The first kappa shape index (κ1) is 22.9. The molecule has 0 radical (unpaired) electrons. The van der Waals surface area contributed by atoms with Gasteiger partial charge in [0.05, 0.1) is 6.42 Å². The average molecular weight is 419 g/mol. The molecular formula is C23H28ClFN2O2. The van der Waals surface area contributed by atoms with Crippen LogP contribution in [-0.4, -0.2) is 28.3 Å². The Morgan fingerprint density at radius 3 is 2.28 bits per heavy atom. The van der Waals surface area contributed by atoms with Crippen molar-refractivity contribution in [1.82, 2.24) is 10.2 Å². The minimum Gasteiger partial charge on any atom is -0.350 e. The van der Waals surface area contributed by atoms with E-state index in [1.165, 1.54) is 11.0 Å². The van der Waals surface area contributed by atoms with Gasteiger partial charge >= 0.3 is 0 Å². The molecule has 2 amide bonds. The number of hydrogen-bond acceptors (Lipinski definition) is 2. The molecule has 0 fully saturated rings. The third-order valence-electron chi connectivity index (χ3n) is 4.45. The zero-order valence-corrected chi connectivity index (χ0v) is 18.1. The van der Waals surface area contributed by atoms with Gasteiger partial charge in [-0.05, 0) is 56.5 Å². The van der Waals surface area contributed by atoms with Crippen LogP contribution in [0.2, 0.25) is 5.02 Å². The van der Waals surface area contributed by atoms with E-state index in [2.05, 4.69) is 5.32 Å². The molecule has 0 bridgehead atoms. The van der Waals surface area contributed by atoms with E-state index in [1.54, 1.807) is 30.3 Å². The number of carbonyl (C=O) groups excluding carboxylic acids is 2.